The molecule has 0 bridgehead atoms. The summed E-state index contributed by atoms with van der Waals surface area (Å²) in [4.78, 5) is 0. The summed E-state index contributed by atoms with van der Waals surface area (Å²) in [6.45, 7) is 2.09. The molecule has 0 nitrogen and oxygen atoms in total. The van der Waals surface area contributed by atoms with E-state index in [1.807, 2.05) is 0 Å². The fraction of sp³-hybridized carbons (Fsp3) is 0.250. The van der Waals surface area contributed by atoms with Gasteiger partial charge in [0.1, 0.15) is 0 Å². The highest BCUT2D eigenvalue weighted by Gasteiger charge is 1.94. The van der Waals surface area contributed by atoms with Crippen LogP contribution in [-0.2, 0) is 5.33 Å². The molecule has 0 saturated carbocycles. The Morgan fingerprint density at radius 1 is 1.40 bits per heavy atom. The van der Waals surface area contributed by atoms with Crippen molar-refractivity contribution in [3.8, 4) is 0 Å². The number of hydrogen-bond acceptors (Lipinski definition) is 0. The predicted molar refractivity (Wildman–Crippen MR) is 51.5 cm³/mol. The van der Waals surface area contributed by atoms with Crippen LogP contribution in [0.25, 0.3) is 0 Å². The third-order valence-electron chi connectivity index (χ3n) is 1.39. The zero-order chi connectivity index (χ0) is 7.56. The highest BCUT2D eigenvalue weighted by Crippen LogP contribution is 2.18. The standard InChI is InChI=1S/C8H8Br2/c1-6-2-3-7(5-9)4-8(6)10/h2-4H,5H2,1H3. The van der Waals surface area contributed by atoms with E-state index in [0.29, 0.717) is 0 Å². The maximum absolute atomic E-state index is 3.47. The molecule has 0 aliphatic rings. The maximum atomic E-state index is 3.47. The Balaban J connectivity index is 3.04. The molecule has 0 aromatic heterocycles. The van der Waals surface area contributed by atoms with E-state index in [1.54, 1.807) is 0 Å². The summed E-state index contributed by atoms with van der Waals surface area (Å²) in [5.74, 6) is 0. The quantitative estimate of drug-likeness (QED) is 0.679. The summed E-state index contributed by atoms with van der Waals surface area (Å²) >= 11 is 6.86. The molecule has 0 spiro atoms. The van der Waals surface area contributed by atoms with Gasteiger partial charge in [-0.15, -0.1) is 0 Å². The Morgan fingerprint density at radius 3 is 2.60 bits per heavy atom. The highest BCUT2D eigenvalue weighted by atomic mass is 79.9. The van der Waals surface area contributed by atoms with Crippen molar-refractivity contribution in [1.29, 1.82) is 0 Å². The maximum Gasteiger partial charge on any atom is 0.0283 e. The summed E-state index contributed by atoms with van der Waals surface area (Å²) in [6, 6.07) is 6.36. The van der Waals surface area contributed by atoms with Gasteiger partial charge in [-0.2, -0.15) is 0 Å². The minimum absolute atomic E-state index is 0.922. The monoisotopic (exact) mass is 262 g/mol. The van der Waals surface area contributed by atoms with Crippen molar-refractivity contribution in [3.63, 3.8) is 0 Å². The van der Waals surface area contributed by atoms with Gasteiger partial charge in [0.15, 0.2) is 0 Å². The molecule has 0 aliphatic heterocycles. The summed E-state index contributed by atoms with van der Waals surface area (Å²) in [5.41, 5.74) is 2.59. The van der Waals surface area contributed by atoms with Crippen molar-refractivity contribution < 1.29 is 0 Å². The lowest BCUT2D eigenvalue weighted by molar-refractivity contribution is 1.35. The van der Waals surface area contributed by atoms with E-state index in [2.05, 4.69) is 57.0 Å². The number of rotatable bonds is 1. The fourth-order valence-corrected chi connectivity index (χ4v) is 1.49. The second kappa shape index (κ2) is 3.54. The summed E-state index contributed by atoms with van der Waals surface area (Å²) in [5, 5.41) is 0.922. The number of halogens is 2. The van der Waals surface area contributed by atoms with Crippen LogP contribution in [0.15, 0.2) is 22.7 Å². The van der Waals surface area contributed by atoms with Gasteiger partial charge in [-0.25, -0.2) is 0 Å². The van der Waals surface area contributed by atoms with Gasteiger partial charge in [-0.3, -0.25) is 0 Å². The largest absolute Gasteiger partial charge is 0.0876 e. The summed E-state index contributed by atoms with van der Waals surface area (Å²) in [6.07, 6.45) is 0. The molecule has 0 atom stereocenters. The van der Waals surface area contributed by atoms with E-state index in [9.17, 15) is 0 Å². The Labute approximate surface area is 77.9 Å². The molecule has 0 radical (unpaired) electrons. The number of benzene rings is 1. The van der Waals surface area contributed by atoms with Gasteiger partial charge in [-0.1, -0.05) is 44.0 Å². The smallest absolute Gasteiger partial charge is 0.0283 e. The molecule has 1 aromatic rings. The molecule has 54 valence electrons. The molecule has 0 heterocycles. The first-order valence-corrected chi connectivity index (χ1v) is 4.96. The second-order valence-electron chi connectivity index (χ2n) is 2.22. The molecular weight excluding hydrogens is 256 g/mol. The van der Waals surface area contributed by atoms with E-state index in [-0.39, 0.29) is 0 Å². The first kappa shape index (κ1) is 8.28. The van der Waals surface area contributed by atoms with E-state index < -0.39 is 0 Å². The van der Waals surface area contributed by atoms with Crippen molar-refractivity contribution in [2.24, 2.45) is 0 Å². The fourth-order valence-electron chi connectivity index (χ4n) is 0.719. The SMILES string of the molecule is Cc1ccc(CBr)cc1Br. The molecule has 0 N–H and O–H groups in total. The van der Waals surface area contributed by atoms with Crippen LogP contribution in [0.4, 0.5) is 0 Å². The molecular formula is C8H8Br2. The van der Waals surface area contributed by atoms with Crippen LogP contribution in [0, 0.1) is 6.92 Å². The first-order valence-electron chi connectivity index (χ1n) is 3.05. The van der Waals surface area contributed by atoms with Gasteiger partial charge in [0, 0.05) is 9.80 Å². The average Bonchev–Trinajstić information content (AvgIpc) is 1.95. The third-order valence-corrected chi connectivity index (χ3v) is 2.89. The molecule has 0 aliphatic carbocycles. The van der Waals surface area contributed by atoms with Gasteiger partial charge in [0.25, 0.3) is 0 Å². The predicted octanol–water partition coefficient (Wildman–Crippen LogP) is 3.65. The van der Waals surface area contributed by atoms with Crippen molar-refractivity contribution in [1.82, 2.24) is 0 Å². The van der Waals surface area contributed by atoms with Crippen LogP contribution in [0.5, 0.6) is 0 Å². The Hall–Kier alpha value is 0.180. The molecule has 10 heavy (non-hydrogen) atoms. The van der Waals surface area contributed by atoms with E-state index in [0.717, 1.165) is 5.33 Å². The number of aryl methyl sites for hydroxylation is 1. The van der Waals surface area contributed by atoms with Gasteiger partial charge < -0.3 is 0 Å². The highest BCUT2D eigenvalue weighted by molar-refractivity contribution is 9.10. The minimum atomic E-state index is 0.922. The molecule has 0 unspecified atom stereocenters. The zero-order valence-electron chi connectivity index (χ0n) is 5.70. The normalized spacial score (nSPS) is 9.90. The Bertz CT molecular complexity index is 231. The molecule has 1 aromatic carbocycles. The molecule has 0 amide bonds. The van der Waals surface area contributed by atoms with E-state index in [1.165, 1.54) is 15.6 Å². The van der Waals surface area contributed by atoms with Crippen LogP contribution in [0.1, 0.15) is 11.1 Å². The van der Waals surface area contributed by atoms with Crippen molar-refractivity contribution >= 4 is 31.9 Å². The van der Waals surface area contributed by atoms with Crippen LogP contribution in [0.3, 0.4) is 0 Å². The third kappa shape index (κ3) is 1.83. The van der Waals surface area contributed by atoms with Crippen LogP contribution in [-0.4, -0.2) is 0 Å². The summed E-state index contributed by atoms with van der Waals surface area (Å²) in [7, 11) is 0. The van der Waals surface area contributed by atoms with Gasteiger partial charge in [0.05, 0.1) is 0 Å². The van der Waals surface area contributed by atoms with Gasteiger partial charge in [0.2, 0.25) is 0 Å². The van der Waals surface area contributed by atoms with Crippen molar-refractivity contribution in [2.45, 2.75) is 12.3 Å². The van der Waals surface area contributed by atoms with Crippen LogP contribution >= 0.6 is 31.9 Å². The lowest BCUT2D eigenvalue weighted by Crippen LogP contribution is -1.79. The molecule has 2 heteroatoms. The van der Waals surface area contributed by atoms with Crippen molar-refractivity contribution in [2.75, 3.05) is 0 Å². The average molecular weight is 264 g/mol. The van der Waals surface area contributed by atoms with Crippen molar-refractivity contribution in [3.05, 3.63) is 33.8 Å². The molecule has 0 fully saturated rings. The topological polar surface area (TPSA) is 0 Å². The first-order chi connectivity index (χ1) is 4.74. The molecule has 1 rings (SSSR count). The number of hydrogen-bond donors (Lipinski definition) is 0. The second-order valence-corrected chi connectivity index (χ2v) is 3.63. The Morgan fingerprint density at radius 2 is 2.10 bits per heavy atom. The van der Waals surface area contributed by atoms with E-state index in [4.69, 9.17) is 0 Å². The van der Waals surface area contributed by atoms with Crippen LogP contribution in [0.2, 0.25) is 0 Å². The van der Waals surface area contributed by atoms with Gasteiger partial charge >= 0.3 is 0 Å². The molecule has 0 saturated heterocycles. The minimum Gasteiger partial charge on any atom is -0.0876 e. The van der Waals surface area contributed by atoms with Crippen LogP contribution < -0.4 is 0 Å². The van der Waals surface area contributed by atoms with Gasteiger partial charge in [-0.05, 0) is 24.1 Å². The summed E-state index contributed by atoms with van der Waals surface area (Å²) < 4.78 is 1.18. The zero-order valence-corrected chi connectivity index (χ0v) is 8.87. The number of alkyl halides is 1. The Kier molecular flexibility index (Phi) is 2.93. The lowest BCUT2D eigenvalue weighted by Gasteiger charge is -1.99. The van der Waals surface area contributed by atoms with E-state index >= 15 is 0 Å². The lowest BCUT2D eigenvalue weighted by atomic mass is 10.2.